The van der Waals surface area contributed by atoms with Crippen LogP contribution in [0.2, 0.25) is 0 Å². The maximum Gasteiger partial charge on any atom is 0.303 e. The van der Waals surface area contributed by atoms with Gasteiger partial charge >= 0.3 is 5.97 Å². The number of hydrogen-bond acceptors (Lipinski definition) is 4. The van der Waals surface area contributed by atoms with Crippen molar-refractivity contribution >= 4 is 27.6 Å². The van der Waals surface area contributed by atoms with Gasteiger partial charge < -0.3 is 10.4 Å². The molecule has 1 aliphatic rings. The summed E-state index contributed by atoms with van der Waals surface area (Å²) in [7, 11) is -3.51. The van der Waals surface area contributed by atoms with Gasteiger partial charge in [-0.05, 0) is 37.1 Å². The Labute approximate surface area is 141 Å². The molecule has 1 heterocycles. The summed E-state index contributed by atoms with van der Waals surface area (Å²) in [5.74, 6) is -1.45. The number of aliphatic carboxylic acids is 1. The molecule has 132 valence electrons. The Bertz CT molecular complexity index is 677. The van der Waals surface area contributed by atoms with Crippen molar-refractivity contribution in [1.82, 2.24) is 4.31 Å². The zero-order valence-electron chi connectivity index (χ0n) is 13.4. The van der Waals surface area contributed by atoms with Gasteiger partial charge in [0.15, 0.2) is 0 Å². The van der Waals surface area contributed by atoms with Crippen LogP contribution in [0.3, 0.4) is 0 Å². The highest BCUT2D eigenvalue weighted by Gasteiger charge is 2.24. The average molecular weight is 354 g/mol. The number of carbonyl (C=O) groups is 2. The number of carboxylic acid groups (broad SMARTS) is 1. The molecule has 1 amide bonds. The zero-order chi connectivity index (χ0) is 17.6. The summed E-state index contributed by atoms with van der Waals surface area (Å²) in [6, 6.07) is 5.97. The minimum atomic E-state index is -3.51. The van der Waals surface area contributed by atoms with E-state index in [2.05, 4.69) is 5.32 Å². The van der Waals surface area contributed by atoms with Gasteiger partial charge in [-0.15, -0.1) is 0 Å². The van der Waals surface area contributed by atoms with Crippen LogP contribution < -0.4 is 5.32 Å². The van der Waals surface area contributed by atoms with Crippen LogP contribution in [-0.4, -0.2) is 42.8 Å². The molecule has 0 aromatic heterocycles. The summed E-state index contributed by atoms with van der Waals surface area (Å²) in [5.41, 5.74) is 0.445. The smallest absolute Gasteiger partial charge is 0.303 e. The lowest BCUT2D eigenvalue weighted by atomic mass is 10.2. The van der Waals surface area contributed by atoms with Crippen molar-refractivity contribution in [2.45, 2.75) is 43.4 Å². The molecule has 2 N–H and O–H groups in total. The highest BCUT2D eigenvalue weighted by atomic mass is 32.2. The largest absolute Gasteiger partial charge is 0.481 e. The van der Waals surface area contributed by atoms with Crippen LogP contribution in [0.1, 0.15) is 38.5 Å². The summed E-state index contributed by atoms with van der Waals surface area (Å²) in [6.45, 7) is 1.08. The number of hydrogen-bond donors (Lipinski definition) is 2. The molecule has 0 saturated carbocycles. The topological polar surface area (TPSA) is 104 Å². The predicted octanol–water partition coefficient (Wildman–Crippen LogP) is 2.05. The van der Waals surface area contributed by atoms with E-state index in [-0.39, 0.29) is 17.7 Å². The van der Waals surface area contributed by atoms with Gasteiger partial charge in [0.1, 0.15) is 0 Å². The van der Waals surface area contributed by atoms with Crippen LogP contribution in [0.25, 0.3) is 0 Å². The maximum absolute atomic E-state index is 12.6. The summed E-state index contributed by atoms with van der Waals surface area (Å²) in [4.78, 5) is 22.2. The minimum absolute atomic E-state index is 0.122. The van der Waals surface area contributed by atoms with Crippen molar-refractivity contribution in [2.75, 3.05) is 18.4 Å². The van der Waals surface area contributed by atoms with Gasteiger partial charge in [0.2, 0.25) is 15.9 Å². The van der Waals surface area contributed by atoms with Crippen LogP contribution in [0.4, 0.5) is 5.69 Å². The Morgan fingerprint density at radius 2 is 1.58 bits per heavy atom. The Kier molecular flexibility index (Phi) is 6.33. The van der Waals surface area contributed by atoms with E-state index in [0.29, 0.717) is 18.8 Å². The predicted molar refractivity (Wildman–Crippen MR) is 89.2 cm³/mol. The number of amides is 1. The molecule has 0 aliphatic carbocycles. The highest BCUT2D eigenvalue weighted by Crippen LogP contribution is 2.21. The Morgan fingerprint density at radius 1 is 1.00 bits per heavy atom. The molecule has 1 saturated heterocycles. The fourth-order valence-corrected chi connectivity index (χ4v) is 4.10. The lowest BCUT2D eigenvalue weighted by molar-refractivity contribution is -0.138. The zero-order valence-corrected chi connectivity index (χ0v) is 14.2. The lowest BCUT2D eigenvalue weighted by Gasteiger charge is -2.20. The van der Waals surface area contributed by atoms with Crippen molar-refractivity contribution in [3.05, 3.63) is 24.3 Å². The van der Waals surface area contributed by atoms with Crippen LogP contribution in [0.5, 0.6) is 0 Å². The van der Waals surface area contributed by atoms with E-state index in [0.717, 1.165) is 25.7 Å². The Hall–Kier alpha value is -1.93. The molecule has 0 unspecified atom stereocenters. The first-order valence-electron chi connectivity index (χ1n) is 8.01. The molecule has 24 heavy (non-hydrogen) atoms. The molecule has 0 spiro atoms. The van der Waals surface area contributed by atoms with Gasteiger partial charge in [-0.1, -0.05) is 12.8 Å². The first-order chi connectivity index (χ1) is 11.4. The molecular weight excluding hydrogens is 332 g/mol. The van der Waals surface area contributed by atoms with E-state index >= 15 is 0 Å². The third-order valence-corrected chi connectivity index (χ3v) is 5.82. The molecule has 8 heteroatoms. The quantitative estimate of drug-likeness (QED) is 0.814. The second-order valence-electron chi connectivity index (χ2n) is 5.78. The number of nitrogens with zero attached hydrogens (tertiary/aromatic N) is 1. The average Bonchev–Trinajstić information content (AvgIpc) is 2.83. The maximum atomic E-state index is 12.6. The van der Waals surface area contributed by atoms with Crippen molar-refractivity contribution in [1.29, 1.82) is 0 Å². The van der Waals surface area contributed by atoms with Gasteiger partial charge in [0, 0.05) is 25.2 Å². The van der Waals surface area contributed by atoms with Crippen molar-refractivity contribution in [3.8, 4) is 0 Å². The summed E-state index contributed by atoms with van der Waals surface area (Å²) in [6.07, 6.45) is 3.48. The van der Waals surface area contributed by atoms with Gasteiger partial charge in [-0.3, -0.25) is 9.59 Å². The second-order valence-corrected chi connectivity index (χ2v) is 7.72. The number of carboxylic acids is 1. The third-order valence-electron chi connectivity index (χ3n) is 3.91. The first-order valence-corrected chi connectivity index (χ1v) is 9.45. The molecule has 0 atom stereocenters. The fraction of sp³-hybridized carbons (Fsp3) is 0.500. The number of sulfonamides is 1. The summed E-state index contributed by atoms with van der Waals surface area (Å²) < 4.78 is 26.8. The summed E-state index contributed by atoms with van der Waals surface area (Å²) in [5, 5.41) is 11.1. The van der Waals surface area contributed by atoms with Gasteiger partial charge in [0.05, 0.1) is 11.3 Å². The van der Waals surface area contributed by atoms with E-state index in [1.807, 2.05) is 0 Å². The number of nitrogens with one attached hydrogen (secondary N) is 1. The molecule has 0 radical (unpaired) electrons. The number of carbonyl (C=O) groups excluding carboxylic acids is 1. The van der Waals surface area contributed by atoms with Gasteiger partial charge in [-0.2, -0.15) is 4.31 Å². The molecule has 1 fully saturated rings. The van der Waals surface area contributed by atoms with Crippen LogP contribution in [-0.2, 0) is 19.6 Å². The second kappa shape index (κ2) is 8.25. The molecule has 0 bridgehead atoms. The minimum Gasteiger partial charge on any atom is -0.481 e. The standard InChI is InChI=1S/C16H22N2O5S/c19-15(9-10-16(20)21)17-13-5-7-14(8-6-13)24(22,23)18-11-3-1-2-4-12-18/h5-8H,1-4,9-12H2,(H,17,19)(H,20,21). The molecule has 1 aliphatic heterocycles. The normalized spacial score (nSPS) is 16.3. The third kappa shape index (κ3) is 5.04. The molecular formula is C16H22N2O5S. The van der Waals surface area contributed by atoms with E-state index in [9.17, 15) is 18.0 Å². The molecule has 1 aromatic carbocycles. The van der Waals surface area contributed by atoms with Gasteiger partial charge in [-0.25, -0.2) is 8.42 Å². The number of benzene rings is 1. The molecule has 7 nitrogen and oxygen atoms in total. The van der Waals surface area contributed by atoms with E-state index in [4.69, 9.17) is 5.11 Å². The number of rotatable bonds is 6. The first kappa shape index (κ1) is 18.4. The summed E-state index contributed by atoms with van der Waals surface area (Å²) >= 11 is 0. The molecule has 1 aromatic rings. The van der Waals surface area contributed by atoms with E-state index in [1.165, 1.54) is 28.6 Å². The van der Waals surface area contributed by atoms with Crippen molar-refractivity contribution in [3.63, 3.8) is 0 Å². The highest BCUT2D eigenvalue weighted by molar-refractivity contribution is 7.89. The Morgan fingerprint density at radius 3 is 2.12 bits per heavy atom. The lowest BCUT2D eigenvalue weighted by Crippen LogP contribution is -2.31. The van der Waals surface area contributed by atoms with Crippen molar-refractivity contribution in [2.24, 2.45) is 0 Å². The fourth-order valence-electron chi connectivity index (χ4n) is 2.59. The van der Waals surface area contributed by atoms with E-state index < -0.39 is 21.9 Å². The van der Waals surface area contributed by atoms with Crippen LogP contribution >= 0.6 is 0 Å². The Balaban J connectivity index is 2.02. The van der Waals surface area contributed by atoms with Gasteiger partial charge in [0.25, 0.3) is 0 Å². The van der Waals surface area contributed by atoms with Crippen molar-refractivity contribution < 1.29 is 23.1 Å². The SMILES string of the molecule is O=C(O)CCC(=O)Nc1ccc(S(=O)(=O)N2CCCCCC2)cc1. The van der Waals surface area contributed by atoms with Crippen LogP contribution in [0, 0.1) is 0 Å². The molecule has 2 rings (SSSR count). The number of anilines is 1. The monoisotopic (exact) mass is 354 g/mol. The van der Waals surface area contributed by atoms with E-state index in [1.54, 1.807) is 0 Å². The van der Waals surface area contributed by atoms with Crippen LogP contribution in [0.15, 0.2) is 29.2 Å².